The summed E-state index contributed by atoms with van der Waals surface area (Å²) < 4.78 is 13.4. The highest BCUT2D eigenvalue weighted by Gasteiger charge is 2.23. The number of aromatic nitrogens is 4. The SMILES string of the molecule is Nc1ncn(CC(O)c2ccc(Cl)cc2Cl)c2nc(Sc3cc4c(cc3Br)OCO4)nc1-2. The van der Waals surface area contributed by atoms with Crippen LogP contribution in [0.25, 0.3) is 11.5 Å². The Morgan fingerprint density at radius 2 is 1.97 bits per heavy atom. The van der Waals surface area contributed by atoms with Gasteiger partial charge in [0.15, 0.2) is 34.0 Å². The highest BCUT2D eigenvalue weighted by Crippen LogP contribution is 2.43. The Balaban J connectivity index is 1.46. The molecule has 2 aromatic carbocycles. The second-order valence-corrected chi connectivity index (χ2v) is 9.59. The first-order valence-corrected chi connectivity index (χ1v) is 11.6. The summed E-state index contributed by atoms with van der Waals surface area (Å²) in [5, 5.41) is 12.1. The van der Waals surface area contributed by atoms with Gasteiger partial charge in [-0.1, -0.05) is 29.3 Å². The van der Waals surface area contributed by atoms with E-state index in [4.69, 9.17) is 38.4 Å². The number of nitrogen functional groups attached to an aromatic ring is 1. The van der Waals surface area contributed by atoms with Crippen LogP contribution >= 0.6 is 50.9 Å². The second kappa shape index (κ2) is 8.60. The Hall–Kier alpha value is -2.24. The summed E-state index contributed by atoms with van der Waals surface area (Å²) in [6, 6.07) is 8.65. The molecule has 0 spiro atoms. The molecule has 8 nitrogen and oxygen atoms in total. The average molecular weight is 555 g/mol. The zero-order valence-corrected chi connectivity index (χ0v) is 20.0. The second-order valence-electron chi connectivity index (χ2n) is 6.88. The van der Waals surface area contributed by atoms with E-state index in [2.05, 4.69) is 30.9 Å². The molecule has 5 rings (SSSR count). The van der Waals surface area contributed by atoms with E-state index in [9.17, 15) is 5.11 Å². The maximum Gasteiger partial charge on any atom is 0.231 e. The number of hydrogen-bond acceptors (Lipinski definition) is 8. The zero-order valence-electron chi connectivity index (χ0n) is 16.1. The van der Waals surface area contributed by atoms with Crippen molar-refractivity contribution in [3.8, 4) is 23.0 Å². The number of nitrogens with zero attached hydrogens (tertiary/aromatic N) is 4. The molecule has 3 heterocycles. The fraction of sp³-hybridized carbons (Fsp3) is 0.150. The molecule has 1 atom stereocenters. The number of imidazole rings is 1. The number of aliphatic hydroxyl groups is 1. The van der Waals surface area contributed by atoms with E-state index in [1.54, 1.807) is 22.8 Å². The molecule has 12 heteroatoms. The molecular formula is C20H14BrCl2N5O3S. The summed E-state index contributed by atoms with van der Waals surface area (Å²) in [5.41, 5.74) is 7.03. The summed E-state index contributed by atoms with van der Waals surface area (Å²) in [7, 11) is 0. The molecule has 32 heavy (non-hydrogen) atoms. The van der Waals surface area contributed by atoms with Crippen molar-refractivity contribution >= 4 is 56.7 Å². The van der Waals surface area contributed by atoms with Crippen molar-refractivity contribution in [3.05, 3.63) is 56.7 Å². The normalized spacial score (nSPS) is 13.6. The van der Waals surface area contributed by atoms with E-state index in [-0.39, 0.29) is 19.2 Å². The number of halogens is 3. The number of fused-ring (bicyclic) bond motifs is 2. The van der Waals surface area contributed by atoms with Crippen molar-refractivity contribution in [1.82, 2.24) is 19.5 Å². The van der Waals surface area contributed by atoms with Crippen LogP contribution in [0.15, 0.2) is 51.2 Å². The van der Waals surface area contributed by atoms with E-state index >= 15 is 0 Å². The van der Waals surface area contributed by atoms with Crippen molar-refractivity contribution in [2.75, 3.05) is 12.5 Å². The molecule has 0 bridgehead atoms. The number of benzene rings is 2. The Morgan fingerprint density at radius 1 is 1.19 bits per heavy atom. The standard InChI is InChI=1S/C20H14BrCl2N5O3S/c21-11-4-14-15(31-8-30-14)5-16(11)32-20-26-17-18(24)25-7-28(19(17)27-20)6-13(29)10-2-1-9(22)3-12(10)23/h1-5,7,13,29H,6,8,24H2. The minimum absolute atomic E-state index is 0.154. The van der Waals surface area contributed by atoms with Gasteiger partial charge in [0.25, 0.3) is 0 Å². The van der Waals surface area contributed by atoms with Crippen LogP contribution in [0.4, 0.5) is 5.82 Å². The first kappa shape index (κ1) is 21.6. The van der Waals surface area contributed by atoms with E-state index < -0.39 is 6.10 Å². The number of ether oxygens (including phenoxy) is 2. The third-order valence-electron chi connectivity index (χ3n) is 4.79. The molecule has 3 aliphatic heterocycles. The van der Waals surface area contributed by atoms with Crippen molar-refractivity contribution in [1.29, 1.82) is 0 Å². The lowest BCUT2D eigenvalue weighted by molar-refractivity contribution is 0.156. The van der Waals surface area contributed by atoms with Gasteiger partial charge >= 0.3 is 0 Å². The predicted molar refractivity (Wildman–Crippen MR) is 125 cm³/mol. The van der Waals surface area contributed by atoms with Crippen molar-refractivity contribution < 1.29 is 14.6 Å². The lowest BCUT2D eigenvalue weighted by Gasteiger charge is -2.17. The molecular weight excluding hydrogens is 541 g/mol. The average Bonchev–Trinajstić information content (AvgIpc) is 3.37. The van der Waals surface area contributed by atoms with Gasteiger partial charge in [0.2, 0.25) is 6.79 Å². The Morgan fingerprint density at radius 3 is 2.75 bits per heavy atom. The first-order valence-electron chi connectivity index (χ1n) is 9.27. The highest BCUT2D eigenvalue weighted by atomic mass is 79.9. The molecule has 0 saturated heterocycles. The molecule has 164 valence electrons. The minimum Gasteiger partial charge on any atom is -0.454 e. The third kappa shape index (κ3) is 4.08. The van der Waals surface area contributed by atoms with Crippen LogP contribution in [0.1, 0.15) is 11.7 Å². The summed E-state index contributed by atoms with van der Waals surface area (Å²) in [6.45, 7) is 0.344. The third-order valence-corrected chi connectivity index (χ3v) is 7.19. The van der Waals surface area contributed by atoms with E-state index in [1.165, 1.54) is 18.1 Å². The van der Waals surface area contributed by atoms with Gasteiger partial charge in [-0.25, -0.2) is 15.0 Å². The van der Waals surface area contributed by atoms with Gasteiger partial charge in [-0.15, -0.1) is 0 Å². The van der Waals surface area contributed by atoms with E-state index in [1.807, 2.05) is 12.1 Å². The van der Waals surface area contributed by atoms with Crippen molar-refractivity contribution in [2.45, 2.75) is 22.7 Å². The fourth-order valence-corrected chi connectivity index (χ4v) is 5.13. The molecule has 0 fully saturated rings. The quantitative estimate of drug-likeness (QED) is 0.353. The Bertz CT molecular complexity index is 1300. The van der Waals surface area contributed by atoms with Crippen LogP contribution in [0.3, 0.4) is 0 Å². The summed E-state index contributed by atoms with van der Waals surface area (Å²) in [5.74, 6) is 2.09. The van der Waals surface area contributed by atoms with Crippen LogP contribution in [-0.2, 0) is 6.54 Å². The number of hydrogen-bond donors (Lipinski definition) is 2. The minimum atomic E-state index is -0.908. The summed E-state index contributed by atoms with van der Waals surface area (Å²) in [4.78, 5) is 14.2. The topological polar surface area (TPSA) is 108 Å². The predicted octanol–water partition coefficient (Wildman–Crippen LogP) is 5.04. The molecule has 2 aromatic rings. The number of anilines is 1. The maximum atomic E-state index is 10.7. The van der Waals surface area contributed by atoms with Crippen molar-refractivity contribution in [3.63, 3.8) is 0 Å². The van der Waals surface area contributed by atoms with Crippen LogP contribution in [0.5, 0.6) is 11.5 Å². The van der Waals surface area contributed by atoms with Crippen LogP contribution in [-0.4, -0.2) is 31.4 Å². The van der Waals surface area contributed by atoms with Gasteiger partial charge in [0, 0.05) is 25.0 Å². The van der Waals surface area contributed by atoms with E-state index in [0.717, 1.165) is 9.37 Å². The fourth-order valence-electron chi connectivity index (χ4n) is 3.24. The number of nitrogens with two attached hydrogens (primary N) is 1. The van der Waals surface area contributed by atoms with E-state index in [0.29, 0.717) is 43.8 Å². The molecule has 3 aliphatic rings. The van der Waals surface area contributed by atoms with Crippen molar-refractivity contribution in [2.24, 2.45) is 0 Å². The highest BCUT2D eigenvalue weighted by molar-refractivity contribution is 9.10. The largest absolute Gasteiger partial charge is 0.454 e. The Labute approximate surface area is 205 Å². The molecule has 0 aromatic heterocycles. The van der Waals surface area contributed by atoms with Crippen LogP contribution < -0.4 is 15.2 Å². The van der Waals surface area contributed by atoms with Gasteiger partial charge in [-0.2, -0.15) is 0 Å². The van der Waals surface area contributed by atoms with Crippen LogP contribution in [0, 0.1) is 0 Å². The van der Waals surface area contributed by atoms with Gasteiger partial charge < -0.3 is 24.9 Å². The van der Waals surface area contributed by atoms with Gasteiger partial charge in [0.05, 0.1) is 19.0 Å². The molecule has 0 amide bonds. The van der Waals surface area contributed by atoms with Crippen LogP contribution in [0.2, 0.25) is 10.0 Å². The van der Waals surface area contributed by atoms with Gasteiger partial charge in [0.1, 0.15) is 0 Å². The monoisotopic (exact) mass is 553 g/mol. The zero-order chi connectivity index (χ0) is 22.4. The molecule has 3 N–H and O–H groups in total. The number of aliphatic hydroxyl groups excluding tert-OH is 1. The molecule has 0 aliphatic carbocycles. The van der Waals surface area contributed by atoms with Gasteiger partial charge in [-0.3, -0.25) is 0 Å². The lowest BCUT2D eigenvalue weighted by atomic mass is 10.1. The molecule has 1 unspecified atom stereocenters. The smallest absolute Gasteiger partial charge is 0.231 e. The maximum absolute atomic E-state index is 10.7. The lowest BCUT2D eigenvalue weighted by Crippen LogP contribution is -2.14. The van der Waals surface area contributed by atoms with Gasteiger partial charge in [-0.05, 0) is 52.0 Å². The summed E-state index contributed by atoms with van der Waals surface area (Å²) >= 11 is 17.1. The molecule has 0 radical (unpaired) electrons. The summed E-state index contributed by atoms with van der Waals surface area (Å²) in [6.07, 6.45) is 0.610. The number of rotatable bonds is 5. The first-order chi connectivity index (χ1) is 15.4. The molecule has 0 saturated carbocycles. The Kier molecular flexibility index (Phi) is 5.81.